The van der Waals surface area contributed by atoms with E-state index in [4.69, 9.17) is 4.42 Å². The Labute approximate surface area is 108 Å². The van der Waals surface area contributed by atoms with Gasteiger partial charge in [-0.1, -0.05) is 12.1 Å². The first kappa shape index (κ1) is 11.2. The fourth-order valence-electron chi connectivity index (χ4n) is 1.87. The van der Waals surface area contributed by atoms with Crippen LogP contribution in [0.3, 0.4) is 0 Å². The molecule has 0 aliphatic heterocycles. The molecule has 0 saturated heterocycles. The number of para-hydroxylation sites is 1. The van der Waals surface area contributed by atoms with Crippen LogP contribution >= 0.6 is 11.3 Å². The molecule has 0 radical (unpaired) electrons. The molecular formula is C14H11NO2S. The molecule has 0 atom stereocenters. The van der Waals surface area contributed by atoms with E-state index in [2.05, 4.69) is 4.98 Å². The molecule has 0 saturated carbocycles. The number of carbonyl (C=O) groups excluding carboxylic acids is 1. The van der Waals surface area contributed by atoms with E-state index in [9.17, 15) is 4.79 Å². The maximum atomic E-state index is 12.0. The summed E-state index contributed by atoms with van der Waals surface area (Å²) in [5.41, 5.74) is 1.82. The standard InChI is InChI=1S/C14H11NO2S/c1-9-6-7-17-14(9)11(16)8-13-15-10-4-2-3-5-12(10)18-13/h2-7H,8H2,1H3. The molecule has 0 spiro atoms. The molecule has 0 N–H and O–H groups in total. The van der Waals surface area contributed by atoms with Crippen LogP contribution < -0.4 is 0 Å². The van der Waals surface area contributed by atoms with Crippen LogP contribution in [0.2, 0.25) is 0 Å². The lowest BCUT2D eigenvalue weighted by Gasteiger charge is -1.95. The summed E-state index contributed by atoms with van der Waals surface area (Å²) >= 11 is 1.56. The molecule has 4 heteroatoms. The van der Waals surface area contributed by atoms with Crippen molar-refractivity contribution in [2.45, 2.75) is 13.3 Å². The van der Waals surface area contributed by atoms with E-state index < -0.39 is 0 Å². The van der Waals surface area contributed by atoms with Gasteiger partial charge < -0.3 is 4.42 Å². The molecule has 0 aliphatic rings. The van der Waals surface area contributed by atoms with Crippen molar-refractivity contribution in [3.8, 4) is 0 Å². The number of nitrogens with zero attached hydrogens (tertiary/aromatic N) is 1. The number of hydrogen-bond donors (Lipinski definition) is 0. The number of furan rings is 1. The lowest BCUT2D eigenvalue weighted by Crippen LogP contribution is -2.03. The molecule has 3 aromatic rings. The van der Waals surface area contributed by atoms with Crippen molar-refractivity contribution in [3.05, 3.63) is 52.9 Å². The van der Waals surface area contributed by atoms with E-state index in [0.29, 0.717) is 12.2 Å². The van der Waals surface area contributed by atoms with Gasteiger partial charge in [0.2, 0.25) is 5.78 Å². The summed E-state index contributed by atoms with van der Waals surface area (Å²) in [5, 5.41) is 0.831. The van der Waals surface area contributed by atoms with Crippen molar-refractivity contribution in [2.24, 2.45) is 0 Å². The fourth-order valence-corrected chi connectivity index (χ4v) is 2.84. The molecule has 0 amide bonds. The minimum atomic E-state index is -0.0171. The summed E-state index contributed by atoms with van der Waals surface area (Å²) in [6, 6.07) is 9.69. The summed E-state index contributed by atoms with van der Waals surface area (Å²) in [4.78, 5) is 16.5. The molecule has 0 bridgehead atoms. The normalized spacial score (nSPS) is 10.9. The van der Waals surface area contributed by atoms with Crippen molar-refractivity contribution in [3.63, 3.8) is 0 Å². The second kappa shape index (κ2) is 4.38. The Morgan fingerprint density at radius 3 is 2.89 bits per heavy atom. The van der Waals surface area contributed by atoms with Gasteiger partial charge in [0.1, 0.15) is 5.01 Å². The van der Waals surface area contributed by atoms with Gasteiger partial charge in [0.05, 0.1) is 22.9 Å². The number of ketones is 1. The zero-order valence-corrected chi connectivity index (χ0v) is 10.7. The predicted molar refractivity (Wildman–Crippen MR) is 71.1 cm³/mol. The highest BCUT2D eigenvalue weighted by molar-refractivity contribution is 7.18. The molecular weight excluding hydrogens is 246 g/mol. The molecule has 0 unspecified atom stereocenters. The zero-order chi connectivity index (χ0) is 12.5. The SMILES string of the molecule is Cc1ccoc1C(=O)Cc1nc2ccccc2s1. The fraction of sp³-hybridized carbons (Fsp3) is 0.143. The van der Waals surface area contributed by atoms with Crippen LogP contribution in [0, 0.1) is 6.92 Å². The molecule has 0 aliphatic carbocycles. The van der Waals surface area contributed by atoms with Gasteiger partial charge in [0.25, 0.3) is 0 Å². The highest BCUT2D eigenvalue weighted by Gasteiger charge is 2.15. The van der Waals surface area contributed by atoms with Gasteiger partial charge in [-0.3, -0.25) is 4.79 Å². The van der Waals surface area contributed by atoms with Crippen LogP contribution in [-0.4, -0.2) is 10.8 Å². The molecule has 3 nitrogen and oxygen atoms in total. The molecule has 1 aromatic carbocycles. The number of rotatable bonds is 3. The number of hydrogen-bond acceptors (Lipinski definition) is 4. The van der Waals surface area contributed by atoms with Crippen LogP contribution in [0.15, 0.2) is 41.0 Å². The Hall–Kier alpha value is -1.94. The molecule has 2 aromatic heterocycles. The Morgan fingerprint density at radius 1 is 1.33 bits per heavy atom. The van der Waals surface area contributed by atoms with E-state index in [1.165, 1.54) is 0 Å². The number of aromatic nitrogens is 1. The van der Waals surface area contributed by atoms with Crippen LogP contribution in [0.1, 0.15) is 21.1 Å². The number of benzene rings is 1. The minimum absolute atomic E-state index is 0.0171. The van der Waals surface area contributed by atoms with E-state index in [0.717, 1.165) is 20.8 Å². The van der Waals surface area contributed by atoms with E-state index >= 15 is 0 Å². The first-order chi connectivity index (χ1) is 8.74. The Kier molecular flexibility index (Phi) is 2.72. The van der Waals surface area contributed by atoms with Gasteiger partial charge in [0.15, 0.2) is 5.76 Å². The third-order valence-corrected chi connectivity index (χ3v) is 3.80. The largest absolute Gasteiger partial charge is 0.461 e. The summed E-state index contributed by atoms with van der Waals surface area (Å²) in [5.74, 6) is 0.422. The van der Waals surface area contributed by atoms with Crippen LogP contribution in [0.25, 0.3) is 10.2 Å². The van der Waals surface area contributed by atoms with Crippen LogP contribution in [0.4, 0.5) is 0 Å². The molecule has 0 fully saturated rings. The summed E-state index contributed by atoms with van der Waals surface area (Å²) in [7, 11) is 0. The number of fused-ring (bicyclic) bond motifs is 1. The third-order valence-electron chi connectivity index (χ3n) is 2.77. The van der Waals surface area contributed by atoms with Gasteiger partial charge in [-0.2, -0.15) is 0 Å². The van der Waals surface area contributed by atoms with Crippen LogP contribution in [0.5, 0.6) is 0 Å². The van der Waals surface area contributed by atoms with E-state index in [1.54, 1.807) is 23.7 Å². The second-order valence-electron chi connectivity index (χ2n) is 4.11. The number of aryl methyl sites for hydroxylation is 1. The summed E-state index contributed by atoms with van der Waals surface area (Å²) in [6.07, 6.45) is 1.84. The Morgan fingerprint density at radius 2 is 2.17 bits per heavy atom. The Balaban J connectivity index is 1.88. The number of thiazole rings is 1. The number of Topliss-reactive ketones (excluding diaryl/α,β-unsaturated/α-hetero) is 1. The van der Waals surface area contributed by atoms with Gasteiger partial charge in [-0.15, -0.1) is 11.3 Å². The van der Waals surface area contributed by atoms with Crippen molar-refractivity contribution < 1.29 is 9.21 Å². The van der Waals surface area contributed by atoms with Crippen LogP contribution in [-0.2, 0) is 6.42 Å². The quantitative estimate of drug-likeness (QED) is 0.673. The molecule has 3 rings (SSSR count). The van der Waals surface area contributed by atoms with Gasteiger partial charge in [-0.05, 0) is 30.7 Å². The molecule has 2 heterocycles. The summed E-state index contributed by atoms with van der Waals surface area (Å²) in [6.45, 7) is 1.87. The van der Waals surface area contributed by atoms with Gasteiger partial charge in [0, 0.05) is 0 Å². The zero-order valence-electron chi connectivity index (χ0n) is 9.84. The van der Waals surface area contributed by atoms with Crippen molar-refractivity contribution in [1.29, 1.82) is 0 Å². The lowest BCUT2D eigenvalue weighted by molar-refractivity contribution is 0.0965. The first-order valence-corrected chi connectivity index (χ1v) is 6.47. The highest BCUT2D eigenvalue weighted by Crippen LogP contribution is 2.23. The minimum Gasteiger partial charge on any atom is -0.461 e. The first-order valence-electron chi connectivity index (χ1n) is 5.66. The maximum absolute atomic E-state index is 12.0. The smallest absolute Gasteiger partial charge is 0.205 e. The number of carbonyl (C=O) groups is 1. The average Bonchev–Trinajstić information content (AvgIpc) is 2.94. The topological polar surface area (TPSA) is 43.1 Å². The van der Waals surface area contributed by atoms with Gasteiger partial charge in [-0.25, -0.2) is 4.98 Å². The summed E-state index contributed by atoms with van der Waals surface area (Å²) < 4.78 is 6.31. The predicted octanol–water partition coefficient (Wildman–Crippen LogP) is 3.62. The Bertz CT molecular complexity index is 678. The van der Waals surface area contributed by atoms with E-state index in [1.807, 2.05) is 31.2 Å². The maximum Gasteiger partial charge on any atom is 0.205 e. The van der Waals surface area contributed by atoms with Crippen molar-refractivity contribution in [2.75, 3.05) is 0 Å². The van der Waals surface area contributed by atoms with Crippen molar-refractivity contribution >= 4 is 27.3 Å². The average molecular weight is 257 g/mol. The monoisotopic (exact) mass is 257 g/mol. The lowest BCUT2D eigenvalue weighted by atomic mass is 10.2. The third kappa shape index (κ3) is 1.95. The van der Waals surface area contributed by atoms with Gasteiger partial charge >= 0.3 is 0 Å². The molecule has 18 heavy (non-hydrogen) atoms. The second-order valence-corrected chi connectivity index (χ2v) is 5.22. The van der Waals surface area contributed by atoms with Crippen molar-refractivity contribution in [1.82, 2.24) is 4.98 Å². The molecule has 90 valence electrons. The van der Waals surface area contributed by atoms with E-state index in [-0.39, 0.29) is 5.78 Å². The highest BCUT2D eigenvalue weighted by atomic mass is 32.1.